The highest BCUT2D eigenvalue weighted by Gasteiger charge is 2.36. The van der Waals surface area contributed by atoms with E-state index in [9.17, 15) is 14.0 Å². The Hall–Kier alpha value is -4.08. The van der Waals surface area contributed by atoms with Crippen LogP contribution >= 0.6 is 0 Å². The van der Waals surface area contributed by atoms with Gasteiger partial charge < -0.3 is 29.4 Å². The summed E-state index contributed by atoms with van der Waals surface area (Å²) in [7, 11) is 4.29. The zero-order valence-corrected chi connectivity index (χ0v) is 18.3. The molecule has 1 aliphatic heterocycles. The topological polar surface area (TPSA) is 106 Å². The Bertz CT molecular complexity index is 1200. The summed E-state index contributed by atoms with van der Waals surface area (Å²) < 4.78 is 29.4. The molecule has 0 bridgehead atoms. The standard InChI is InChI=1S/C23H23FN4O5/c1-31-14-5-7-19(32-2)16(11-14)21-20-18(25-12-26-20)8-9-28(21)23(30)27-17-6-4-13(24)10-15(17)22(29)33-3/h4-7,10-12,21H,8-9H2,1-3H3,(H,25,26)(H,27,30)/t21-/m1/s1. The van der Waals surface area contributed by atoms with Crippen LogP contribution in [0.4, 0.5) is 14.9 Å². The number of amides is 2. The summed E-state index contributed by atoms with van der Waals surface area (Å²) in [5.74, 6) is -0.220. The minimum atomic E-state index is -0.760. The maximum atomic E-state index is 13.7. The molecule has 1 aromatic heterocycles. The monoisotopic (exact) mass is 454 g/mol. The van der Waals surface area contributed by atoms with E-state index in [2.05, 4.69) is 15.3 Å². The van der Waals surface area contributed by atoms with Gasteiger partial charge in [0.1, 0.15) is 23.4 Å². The lowest BCUT2D eigenvalue weighted by atomic mass is 9.95. The molecular formula is C23H23FN4O5. The van der Waals surface area contributed by atoms with E-state index in [0.29, 0.717) is 35.7 Å². The van der Waals surface area contributed by atoms with Crippen molar-refractivity contribution in [2.45, 2.75) is 12.5 Å². The van der Waals surface area contributed by atoms with Crippen molar-refractivity contribution in [1.82, 2.24) is 14.9 Å². The zero-order valence-electron chi connectivity index (χ0n) is 18.3. The number of benzene rings is 2. The van der Waals surface area contributed by atoms with Gasteiger partial charge in [0.15, 0.2) is 0 Å². The van der Waals surface area contributed by atoms with Crippen molar-refractivity contribution in [3.05, 3.63) is 71.1 Å². The van der Waals surface area contributed by atoms with E-state index in [1.165, 1.54) is 13.2 Å². The number of rotatable bonds is 5. The van der Waals surface area contributed by atoms with Crippen molar-refractivity contribution >= 4 is 17.7 Å². The van der Waals surface area contributed by atoms with E-state index < -0.39 is 23.9 Å². The first-order chi connectivity index (χ1) is 16.0. The van der Waals surface area contributed by atoms with E-state index in [1.54, 1.807) is 43.6 Å². The third-order valence-corrected chi connectivity index (χ3v) is 5.55. The molecule has 33 heavy (non-hydrogen) atoms. The Balaban J connectivity index is 1.75. The van der Waals surface area contributed by atoms with Crippen molar-refractivity contribution in [3.8, 4) is 11.5 Å². The van der Waals surface area contributed by atoms with E-state index in [1.807, 2.05) is 0 Å². The third kappa shape index (κ3) is 4.19. The fourth-order valence-electron chi connectivity index (χ4n) is 3.95. The van der Waals surface area contributed by atoms with Crippen LogP contribution in [0.3, 0.4) is 0 Å². The second kappa shape index (κ2) is 9.19. The first kappa shape index (κ1) is 22.1. The molecule has 2 amide bonds. The van der Waals surface area contributed by atoms with Gasteiger partial charge in [-0.15, -0.1) is 0 Å². The summed E-state index contributed by atoms with van der Waals surface area (Å²) in [5, 5.41) is 2.72. The molecule has 172 valence electrons. The lowest BCUT2D eigenvalue weighted by Crippen LogP contribution is -2.43. The molecular weight excluding hydrogens is 431 g/mol. The van der Waals surface area contributed by atoms with Gasteiger partial charge in [-0.1, -0.05) is 0 Å². The summed E-state index contributed by atoms with van der Waals surface area (Å²) in [5.41, 5.74) is 2.32. The molecule has 9 nitrogen and oxygen atoms in total. The summed E-state index contributed by atoms with van der Waals surface area (Å²) >= 11 is 0. The molecule has 2 N–H and O–H groups in total. The minimum absolute atomic E-state index is 0.0844. The molecule has 10 heteroatoms. The lowest BCUT2D eigenvalue weighted by molar-refractivity contribution is 0.0601. The van der Waals surface area contributed by atoms with Crippen molar-refractivity contribution in [1.29, 1.82) is 0 Å². The number of H-pyrrole nitrogens is 1. The van der Waals surface area contributed by atoms with Crippen LogP contribution in [0.15, 0.2) is 42.7 Å². The number of aromatic amines is 1. The molecule has 2 aromatic carbocycles. The van der Waals surface area contributed by atoms with Gasteiger partial charge in [-0.05, 0) is 36.4 Å². The average molecular weight is 454 g/mol. The maximum Gasteiger partial charge on any atom is 0.340 e. The number of ether oxygens (including phenoxy) is 3. The molecule has 4 rings (SSSR count). The highest BCUT2D eigenvalue weighted by Crippen LogP contribution is 2.40. The number of halogens is 1. The van der Waals surface area contributed by atoms with Crippen LogP contribution in [0.2, 0.25) is 0 Å². The third-order valence-electron chi connectivity index (χ3n) is 5.55. The molecule has 0 radical (unpaired) electrons. The van der Waals surface area contributed by atoms with E-state index in [0.717, 1.165) is 17.8 Å². The number of nitrogens with zero attached hydrogens (tertiary/aromatic N) is 2. The maximum absolute atomic E-state index is 13.7. The van der Waals surface area contributed by atoms with Crippen molar-refractivity contribution < 1.29 is 28.2 Å². The van der Waals surface area contributed by atoms with Crippen molar-refractivity contribution in [3.63, 3.8) is 0 Å². The van der Waals surface area contributed by atoms with Crippen LogP contribution in [-0.2, 0) is 11.2 Å². The second-order valence-corrected chi connectivity index (χ2v) is 7.33. The van der Waals surface area contributed by atoms with Crippen LogP contribution in [-0.4, -0.2) is 54.7 Å². The van der Waals surface area contributed by atoms with Crippen LogP contribution in [0.25, 0.3) is 0 Å². The molecule has 0 spiro atoms. The number of esters is 1. The van der Waals surface area contributed by atoms with E-state index >= 15 is 0 Å². The van der Waals surface area contributed by atoms with Crippen LogP contribution in [0.1, 0.15) is 33.4 Å². The number of hydrogen-bond acceptors (Lipinski definition) is 6. The number of nitrogens with one attached hydrogen (secondary N) is 2. The highest BCUT2D eigenvalue weighted by molar-refractivity contribution is 6.01. The van der Waals surface area contributed by atoms with Gasteiger partial charge in [-0.2, -0.15) is 0 Å². The van der Waals surface area contributed by atoms with Gasteiger partial charge in [0, 0.05) is 24.2 Å². The molecule has 0 aliphatic carbocycles. The number of imidazole rings is 1. The van der Waals surface area contributed by atoms with Crippen LogP contribution < -0.4 is 14.8 Å². The number of aromatic nitrogens is 2. The number of methoxy groups -OCH3 is 3. The molecule has 0 saturated heterocycles. The van der Waals surface area contributed by atoms with E-state index in [4.69, 9.17) is 14.2 Å². The van der Waals surface area contributed by atoms with Crippen molar-refractivity contribution in [2.24, 2.45) is 0 Å². The molecule has 1 atom stereocenters. The lowest BCUT2D eigenvalue weighted by Gasteiger charge is -2.36. The second-order valence-electron chi connectivity index (χ2n) is 7.33. The van der Waals surface area contributed by atoms with Gasteiger partial charge in [0.2, 0.25) is 0 Å². The largest absolute Gasteiger partial charge is 0.497 e. The van der Waals surface area contributed by atoms with Gasteiger partial charge in [0.25, 0.3) is 0 Å². The fourth-order valence-corrected chi connectivity index (χ4v) is 3.95. The number of fused-ring (bicyclic) bond motifs is 1. The quantitative estimate of drug-likeness (QED) is 0.572. The Kier molecular flexibility index (Phi) is 6.16. The van der Waals surface area contributed by atoms with Crippen LogP contribution in [0, 0.1) is 5.82 Å². The smallest absolute Gasteiger partial charge is 0.340 e. The molecule has 3 aromatic rings. The number of carbonyl (C=O) groups excluding carboxylic acids is 2. The fraction of sp³-hybridized carbons (Fsp3) is 0.261. The molecule has 0 saturated carbocycles. The predicted molar refractivity (Wildman–Crippen MR) is 117 cm³/mol. The van der Waals surface area contributed by atoms with Gasteiger partial charge in [0.05, 0.1) is 44.6 Å². The number of urea groups is 1. The van der Waals surface area contributed by atoms with Crippen molar-refractivity contribution in [2.75, 3.05) is 33.2 Å². The summed E-state index contributed by atoms with van der Waals surface area (Å²) in [6.07, 6.45) is 2.14. The molecule has 1 aliphatic rings. The Morgan fingerprint density at radius 3 is 2.70 bits per heavy atom. The highest BCUT2D eigenvalue weighted by atomic mass is 19.1. The van der Waals surface area contributed by atoms with Crippen LogP contribution in [0.5, 0.6) is 11.5 Å². The summed E-state index contributed by atoms with van der Waals surface area (Å²) in [4.78, 5) is 34.7. The first-order valence-electron chi connectivity index (χ1n) is 10.2. The predicted octanol–water partition coefficient (Wildman–Crippen LogP) is 3.53. The Morgan fingerprint density at radius 2 is 1.97 bits per heavy atom. The molecule has 2 heterocycles. The summed E-state index contributed by atoms with van der Waals surface area (Å²) in [6.45, 7) is 0.362. The molecule has 0 fully saturated rings. The minimum Gasteiger partial charge on any atom is -0.497 e. The normalized spacial score (nSPS) is 14.9. The van der Waals surface area contributed by atoms with Gasteiger partial charge in [-0.3, -0.25) is 0 Å². The number of carbonyl (C=O) groups is 2. The zero-order chi connectivity index (χ0) is 23.5. The first-order valence-corrected chi connectivity index (χ1v) is 10.2. The summed E-state index contributed by atoms with van der Waals surface area (Å²) in [6, 6.07) is 7.75. The Morgan fingerprint density at radius 1 is 1.15 bits per heavy atom. The molecule has 0 unspecified atom stereocenters. The van der Waals surface area contributed by atoms with Gasteiger partial charge in [-0.25, -0.2) is 19.0 Å². The average Bonchev–Trinajstić information content (AvgIpc) is 3.32. The SMILES string of the molecule is COC(=O)c1cc(F)ccc1NC(=O)N1CCc2[nH]cnc2[C@H]1c1cc(OC)ccc1OC. The van der Waals surface area contributed by atoms with Gasteiger partial charge >= 0.3 is 12.0 Å². The number of anilines is 1. The number of hydrogen-bond donors (Lipinski definition) is 2. The Labute approximate surface area is 189 Å². The van der Waals surface area contributed by atoms with E-state index in [-0.39, 0.29) is 11.3 Å².